The van der Waals surface area contributed by atoms with Gasteiger partial charge in [0.05, 0.1) is 22.6 Å². The Bertz CT molecular complexity index is 1300. The zero-order chi connectivity index (χ0) is 22.3. The van der Waals surface area contributed by atoms with E-state index in [0.29, 0.717) is 16.4 Å². The molecule has 0 bridgehead atoms. The van der Waals surface area contributed by atoms with Crippen LogP contribution in [0.2, 0.25) is 5.02 Å². The molecule has 0 aliphatic rings. The van der Waals surface area contributed by atoms with Crippen molar-refractivity contribution >= 4 is 28.8 Å². The Morgan fingerprint density at radius 2 is 1.84 bits per heavy atom. The van der Waals surface area contributed by atoms with Gasteiger partial charge in [-0.05, 0) is 48.9 Å². The second-order valence-electron chi connectivity index (χ2n) is 8.55. The number of aromatic nitrogens is 3. The zero-order valence-electron chi connectivity index (χ0n) is 17.8. The normalized spacial score (nSPS) is 11.6. The number of phenols is 1. The minimum absolute atomic E-state index is 0.0418. The van der Waals surface area contributed by atoms with Gasteiger partial charge in [-0.25, -0.2) is 9.50 Å². The molecule has 2 heterocycles. The fourth-order valence-electron chi connectivity index (χ4n) is 3.10. The smallest absolute Gasteiger partial charge is 0.229 e. The van der Waals surface area contributed by atoms with Crippen LogP contribution in [-0.2, 0) is 4.79 Å². The summed E-state index contributed by atoms with van der Waals surface area (Å²) in [4.78, 5) is 17.1. The molecule has 2 aromatic heterocycles. The summed E-state index contributed by atoms with van der Waals surface area (Å²) >= 11 is 6.26. The Balaban J connectivity index is 1.70. The molecule has 0 saturated carbocycles. The molecule has 0 aliphatic heterocycles. The van der Waals surface area contributed by atoms with Crippen LogP contribution >= 0.6 is 11.6 Å². The molecule has 0 aliphatic carbocycles. The molecule has 1 amide bonds. The van der Waals surface area contributed by atoms with Crippen LogP contribution in [0.5, 0.6) is 5.75 Å². The molecule has 0 unspecified atom stereocenters. The van der Waals surface area contributed by atoms with E-state index in [2.05, 4.69) is 15.4 Å². The maximum Gasteiger partial charge on any atom is 0.229 e. The number of phenolic OH excluding ortho intramolecular Hbond substituents is 1. The molecule has 0 radical (unpaired) electrons. The van der Waals surface area contributed by atoms with Crippen LogP contribution in [0, 0.1) is 12.3 Å². The van der Waals surface area contributed by atoms with Gasteiger partial charge in [0.1, 0.15) is 5.75 Å². The highest BCUT2D eigenvalue weighted by molar-refractivity contribution is 6.33. The highest BCUT2D eigenvalue weighted by atomic mass is 35.5. The van der Waals surface area contributed by atoms with Crippen LogP contribution in [0.15, 0.2) is 54.7 Å². The lowest BCUT2D eigenvalue weighted by Crippen LogP contribution is -2.27. The van der Waals surface area contributed by atoms with Crippen LogP contribution in [-0.4, -0.2) is 25.6 Å². The quantitative estimate of drug-likeness (QED) is 0.432. The van der Waals surface area contributed by atoms with Gasteiger partial charge in [0.15, 0.2) is 5.65 Å². The fraction of sp³-hybridized carbons (Fsp3) is 0.208. The molecule has 2 aromatic carbocycles. The van der Waals surface area contributed by atoms with E-state index in [4.69, 9.17) is 11.6 Å². The SMILES string of the molecule is Cc1ccc(-c2cn3nc(-c4ccc(O)cc4Cl)ccc3n2)cc1NC(=O)C(C)(C)C. The Kier molecular flexibility index (Phi) is 5.19. The van der Waals surface area contributed by atoms with Crippen LogP contribution in [0.3, 0.4) is 0 Å². The number of carbonyl (C=O) groups is 1. The third kappa shape index (κ3) is 4.25. The average molecular weight is 435 g/mol. The molecule has 4 rings (SSSR count). The summed E-state index contributed by atoms with van der Waals surface area (Å²) < 4.78 is 1.70. The minimum Gasteiger partial charge on any atom is -0.508 e. The van der Waals surface area contributed by atoms with Crippen molar-refractivity contribution in [2.75, 3.05) is 5.32 Å². The lowest BCUT2D eigenvalue weighted by Gasteiger charge is -2.19. The molecule has 31 heavy (non-hydrogen) atoms. The highest BCUT2D eigenvalue weighted by Crippen LogP contribution is 2.31. The summed E-state index contributed by atoms with van der Waals surface area (Å²) in [6.45, 7) is 7.61. The predicted molar refractivity (Wildman–Crippen MR) is 123 cm³/mol. The van der Waals surface area contributed by atoms with Gasteiger partial charge in [0, 0.05) is 22.2 Å². The number of imidazole rings is 1. The molecule has 0 spiro atoms. The number of aryl methyl sites for hydroxylation is 1. The van der Waals surface area contributed by atoms with Crippen molar-refractivity contribution in [1.82, 2.24) is 14.6 Å². The van der Waals surface area contributed by atoms with Gasteiger partial charge in [0.2, 0.25) is 5.91 Å². The first-order valence-corrected chi connectivity index (χ1v) is 10.3. The number of fused-ring (bicyclic) bond motifs is 1. The number of rotatable bonds is 3. The van der Waals surface area contributed by atoms with Crippen molar-refractivity contribution in [3.8, 4) is 28.3 Å². The number of aromatic hydroxyl groups is 1. The third-order valence-corrected chi connectivity index (χ3v) is 5.32. The van der Waals surface area contributed by atoms with Crippen LogP contribution in [0.25, 0.3) is 28.2 Å². The van der Waals surface area contributed by atoms with Crippen molar-refractivity contribution in [2.45, 2.75) is 27.7 Å². The first kappa shape index (κ1) is 20.9. The molecular formula is C24H23ClN4O2. The van der Waals surface area contributed by atoms with E-state index in [1.165, 1.54) is 6.07 Å². The molecule has 0 atom stereocenters. The lowest BCUT2D eigenvalue weighted by atomic mass is 9.95. The summed E-state index contributed by atoms with van der Waals surface area (Å²) in [6, 6.07) is 14.4. The molecule has 2 N–H and O–H groups in total. The maximum atomic E-state index is 12.4. The van der Waals surface area contributed by atoms with E-state index in [9.17, 15) is 9.90 Å². The third-order valence-electron chi connectivity index (χ3n) is 5.01. The van der Waals surface area contributed by atoms with Crippen LogP contribution < -0.4 is 5.32 Å². The van der Waals surface area contributed by atoms with Crippen molar-refractivity contribution in [1.29, 1.82) is 0 Å². The van der Waals surface area contributed by atoms with Gasteiger partial charge in [0.25, 0.3) is 0 Å². The molecule has 7 heteroatoms. The summed E-state index contributed by atoms with van der Waals surface area (Å²) in [5.74, 6) is 0.0632. The number of hydrogen-bond acceptors (Lipinski definition) is 4. The molecule has 0 fully saturated rings. The van der Waals surface area contributed by atoms with Crippen molar-refractivity contribution < 1.29 is 9.90 Å². The predicted octanol–water partition coefficient (Wildman–Crippen LogP) is 5.72. The summed E-state index contributed by atoms with van der Waals surface area (Å²) in [5.41, 5.74) is 4.96. The van der Waals surface area contributed by atoms with E-state index in [1.54, 1.807) is 16.6 Å². The molecule has 6 nitrogen and oxygen atoms in total. The van der Waals surface area contributed by atoms with Crippen LogP contribution in [0.1, 0.15) is 26.3 Å². The average Bonchev–Trinajstić information content (AvgIpc) is 3.12. The second-order valence-corrected chi connectivity index (χ2v) is 8.95. The summed E-state index contributed by atoms with van der Waals surface area (Å²) in [5, 5.41) is 17.6. The topological polar surface area (TPSA) is 79.5 Å². The van der Waals surface area contributed by atoms with E-state index >= 15 is 0 Å². The number of halogens is 1. The Morgan fingerprint density at radius 1 is 1.06 bits per heavy atom. The van der Waals surface area contributed by atoms with E-state index in [1.807, 2.05) is 64.2 Å². The van der Waals surface area contributed by atoms with Gasteiger partial charge in [-0.2, -0.15) is 5.10 Å². The molecular weight excluding hydrogens is 412 g/mol. The van der Waals surface area contributed by atoms with E-state index in [-0.39, 0.29) is 11.7 Å². The first-order chi connectivity index (χ1) is 14.6. The number of hydrogen-bond donors (Lipinski definition) is 2. The van der Waals surface area contributed by atoms with Crippen molar-refractivity contribution in [3.63, 3.8) is 0 Å². The van der Waals surface area contributed by atoms with Gasteiger partial charge in [-0.15, -0.1) is 0 Å². The zero-order valence-corrected chi connectivity index (χ0v) is 18.5. The van der Waals surface area contributed by atoms with Gasteiger partial charge in [-0.1, -0.05) is 44.5 Å². The number of benzene rings is 2. The van der Waals surface area contributed by atoms with Crippen LogP contribution in [0.4, 0.5) is 5.69 Å². The Labute approximate surface area is 185 Å². The van der Waals surface area contributed by atoms with Crippen molar-refractivity contribution in [2.24, 2.45) is 5.41 Å². The highest BCUT2D eigenvalue weighted by Gasteiger charge is 2.22. The second kappa shape index (κ2) is 7.71. The standard InChI is InChI=1S/C24H23ClN4O2/c1-14-5-6-15(11-20(14)27-23(31)24(2,3)4)21-13-29-22(26-21)10-9-19(28-29)17-8-7-16(30)12-18(17)25/h5-13,30H,1-4H3,(H,27,31). The van der Waals surface area contributed by atoms with E-state index < -0.39 is 5.41 Å². The maximum absolute atomic E-state index is 12.4. The number of amides is 1. The fourth-order valence-corrected chi connectivity index (χ4v) is 3.37. The monoisotopic (exact) mass is 434 g/mol. The minimum atomic E-state index is -0.485. The molecule has 158 valence electrons. The number of anilines is 1. The molecule has 0 saturated heterocycles. The Hall–Kier alpha value is -3.38. The summed E-state index contributed by atoms with van der Waals surface area (Å²) in [6.07, 6.45) is 1.84. The number of nitrogens with one attached hydrogen (secondary N) is 1. The van der Waals surface area contributed by atoms with Crippen molar-refractivity contribution in [3.05, 3.63) is 65.3 Å². The van der Waals surface area contributed by atoms with Gasteiger partial charge < -0.3 is 10.4 Å². The van der Waals surface area contributed by atoms with Gasteiger partial charge >= 0.3 is 0 Å². The lowest BCUT2D eigenvalue weighted by molar-refractivity contribution is -0.123. The molecule has 4 aromatic rings. The van der Waals surface area contributed by atoms with Gasteiger partial charge in [-0.3, -0.25) is 4.79 Å². The summed E-state index contributed by atoms with van der Waals surface area (Å²) in [7, 11) is 0. The first-order valence-electron chi connectivity index (χ1n) is 9.89. The largest absolute Gasteiger partial charge is 0.508 e. The number of nitrogens with zero attached hydrogens (tertiary/aromatic N) is 3. The van der Waals surface area contributed by atoms with E-state index in [0.717, 1.165) is 28.1 Å². The number of carbonyl (C=O) groups excluding carboxylic acids is 1. The Morgan fingerprint density at radius 3 is 2.55 bits per heavy atom.